The van der Waals surface area contributed by atoms with Gasteiger partial charge in [0.2, 0.25) is 0 Å². The van der Waals surface area contributed by atoms with E-state index in [0.29, 0.717) is 17.9 Å². The molecular formula is C30H34N2O3. The van der Waals surface area contributed by atoms with E-state index < -0.39 is 0 Å². The summed E-state index contributed by atoms with van der Waals surface area (Å²) in [5, 5.41) is 0. The standard InChI is InChI=1S/C30H34N2O3/c1-21-14-22(2)16-23(15-21)19-31-12-10-30(11-13-31)20-32(28-9-8-26(35-4)18-27(28)30)29(33)24-6-5-7-25(17-24)34-3/h5-9,14-18H,10-13,19-20H2,1-4H3. The number of anilines is 1. The molecule has 5 rings (SSSR count). The van der Waals surface area contributed by atoms with E-state index in [1.54, 1.807) is 14.2 Å². The Hall–Kier alpha value is -3.31. The van der Waals surface area contributed by atoms with Crippen molar-refractivity contribution < 1.29 is 14.3 Å². The van der Waals surface area contributed by atoms with Gasteiger partial charge in [-0.3, -0.25) is 9.69 Å². The molecule has 0 saturated carbocycles. The number of ether oxygens (including phenoxy) is 2. The lowest BCUT2D eigenvalue weighted by molar-refractivity contribution is 0.0975. The molecule has 1 saturated heterocycles. The molecule has 1 spiro atoms. The molecule has 182 valence electrons. The number of amides is 1. The smallest absolute Gasteiger partial charge is 0.258 e. The Morgan fingerprint density at radius 2 is 1.57 bits per heavy atom. The summed E-state index contributed by atoms with van der Waals surface area (Å²) in [4.78, 5) is 18.2. The molecule has 3 aromatic carbocycles. The summed E-state index contributed by atoms with van der Waals surface area (Å²) in [5.74, 6) is 1.56. The van der Waals surface area contributed by atoms with Gasteiger partial charge in [-0.25, -0.2) is 0 Å². The molecule has 0 radical (unpaired) electrons. The van der Waals surface area contributed by atoms with Gasteiger partial charge >= 0.3 is 0 Å². The maximum Gasteiger partial charge on any atom is 0.258 e. The fourth-order valence-corrected chi connectivity index (χ4v) is 5.85. The van der Waals surface area contributed by atoms with Crippen molar-refractivity contribution in [2.75, 3.05) is 38.8 Å². The first-order valence-electron chi connectivity index (χ1n) is 12.3. The Morgan fingerprint density at radius 3 is 2.26 bits per heavy atom. The highest BCUT2D eigenvalue weighted by Gasteiger charge is 2.46. The van der Waals surface area contributed by atoms with Crippen molar-refractivity contribution in [2.24, 2.45) is 0 Å². The molecule has 35 heavy (non-hydrogen) atoms. The van der Waals surface area contributed by atoms with E-state index in [-0.39, 0.29) is 11.3 Å². The number of benzene rings is 3. The summed E-state index contributed by atoms with van der Waals surface area (Å²) in [6.07, 6.45) is 2.03. The second kappa shape index (κ2) is 9.38. The molecule has 0 bridgehead atoms. The lowest BCUT2D eigenvalue weighted by Crippen LogP contribution is -2.45. The molecule has 1 amide bonds. The maximum absolute atomic E-state index is 13.7. The van der Waals surface area contributed by atoms with E-state index in [2.05, 4.69) is 43.0 Å². The molecule has 1 fully saturated rings. The van der Waals surface area contributed by atoms with E-state index in [1.807, 2.05) is 41.3 Å². The van der Waals surface area contributed by atoms with Crippen molar-refractivity contribution in [1.82, 2.24) is 4.90 Å². The third kappa shape index (κ3) is 4.53. The van der Waals surface area contributed by atoms with Gasteiger partial charge in [-0.1, -0.05) is 35.4 Å². The van der Waals surface area contributed by atoms with Gasteiger partial charge in [0.25, 0.3) is 5.91 Å². The number of piperidine rings is 1. The predicted molar refractivity (Wildman–Crippen MR) is 140 cm³/mol. The highest BCUT2D eigenvalue weighted by molar-refractivity contribution is 6.08. The van der Waals surface area contributed by atoms with Crippen molar-refractivity contribution in [2.45, 2.75) is 38.6 Å². The van der Waals surface area contributed by atoms with Crippen molar-refractivity contribution >= 4 is 11.6 Å². The molecule has 3 aromatic rings. The van der Waals surface area contributed by atoms with Crippen LogP contribution in [0.2, 0.25) is 0 Å². The summed E-state index contributed by atoms with van der Waals surface area (Å²) in [5.41, 5.74) is 6.84. The first kappa shape index (κ1) is 23.4. The topological polar surface area (TPSA) is 42.0 Å². The highest BCUT2D eigenvalue weighted by atomic mass is 16.5. The molecule has 0 aromatic heterocycles. The third-order valence-corrected chi connectivity index (χ3v) is 7.59. The minimum absolute atomic E-state index is 0.0184. The van der Waals surface area contributed by atoms with Gasteiger partial charge in [-0.05, 0) is 87.3 Å². The number of hydrogen-bond donors (Lipinski definition) is 0. The molecule has 5 nitrogen and oxygen atoms in total. The SMILES string of the molecule is COc1cccc(C(=O)N2CC3(CCN(Cc4cc(C)cc(C)c4)CC3)c3cc(OC)ccc32)c1. The van der Waals surface area contributed by atoms with E-state index in [9.17, 15) is 4.79 Å². The Morgan fingerprint density at radius 1 is 0.886 bits per heavy atom. The summed E-state index contributed by atoms with van der Waals surface area (Å²) in [6, 6.07) is 20.4. The van der Waals surface area contributed by atoms with Crippen molar-refractivity contribution in [1.29, 1.82) is 0 Å². The van der Waals surface area contributed by atoms with Crippen LogP contribution in [0, 0.1) is 13.8 Å². The minimum atomic E-state index is -0.0581. The predicted octanol–water partition coefficient (Wildman–Crippen LogP) is 5.51. The number of fused-ring (bicyclic) bond motifs is 2. The summed E-state index contributed by atoms with van der Waals surface area (Å²) >= 11 is 0. The molecule has 0 aliphatic carbocycles. The first-order valence-corrected chi connectivity index (χ1v) is 12.3. The van der Waals surface area contributed by atoms with Crippen LogP contribution in [0.15, 0.2) is 60.7 Å². The molecule has 2 aliphatic heterocycles. The van der Waals surface area contributed by atoms with Crippen LogP contribution in [0.3, 0.4) is 0 Å². The van der Waals surface area contributed by atoms with Crippen LogP contribution >= 0.6 is 0 Å². The van der Waals surface area contributed by atoms with Crippen molar-refractivity contribution in [3.05, 3.63) is 88.5 Å². The van der Waals surface area contributed by atoms with Crippen LogP contribution < -0.4 is 14.4 Å². The number of carbonyl (C=O) groups excluding carboxylic acids is 1. The van der Waals surface area contributed by atoms with Gasteiger partial charge in [0.05, 0.1) is 14.2 Å². The average molecular weight is 471 g/mol. The summed E-state index contributed by atoms with van der Waals surface area (Å²) < 4.78 is 10.9. The van der Waals surface area contributed by atoms with E-state index in [0.717, 1.165) is 43.9 Å². The average Bonchev–Trinajstić information content (AvgIpc) is 3.17. The van der Waals surface area contributed by atoms with Crippen LogP contribution in [0.4, 0.5) is 5.69 Å². The van der Waals surface area contributed by atoms with Gasteiger partial charge < -0.3 is 14.4 Å². The molecule has 0 N–H and O–H groups in total. The number of aryl methyl sites for hydroxylation is 2. The van der Waals surface area contributed by atoms with Gasteiger partial charge in [0.1, 0.15) is 11.5 Å². The van der Waals surface area contributed by atoms with Crippen LogP contribution in [0.1, 0.15) is 45.5 Å². The molecule has 2 aliphatic rings. The lowest BCUT2D eigenvalue weighted by Gasteiger charge is -2.40. The zero-order valence-corrected chi connectivity index (χ0v) is 21.1. The Kier molecular flexibility index (Phi) is 6.28. The Labute approximate surface area is 208 Å². The van der Waals surface area contributed by atoms with Gasteiger partial charge in [-0.15, -0.1) is 0 Å². The number of methoxy groups -OCH3 is 2. The van der Waals surface area contributed by atoms with E-state index >= 15 is 0 Å². The van der Waals surface area contributed by atoms with E-state index in [4.69, 9.17) is 9.47 Å². The first-order chi connectivity index (χ1) is 16.9. The maximum atomic E-state index is 13.7. The van der Waals surface area contributed by atoms with Crippen LogP contribution in [0.25, 0.3) is 0 Å². The van der Waals surface area contributed by atoms with E-state index in [1.165, 1.54) is 22.3 Å². The van der Waals surface area contributed by atoms with Crippen LogP contribution in [-0.4, -0.2) is 44.7 Å². The minimum Gasteiger partial charge on any atom is -0.497 e. The lowest BCUT2D eigenvalue weighted by atomic mass is 9.74. The summed E-state index contributed by atoms with van der Waals surface area (Å²) in [7, 11) is 3.33. The number of hydrogen-bond acceptors (Lipinski definition) is 4. The molecule has 0 unspecified atom stereocenters. The quantitative estimate of drug-likeness (QED) is 0.493. The number of carbonyl (C=O) groups is 1. The number of nitrogens with zero attached hydrogens (tertiary/aromatic N) is 2. The number of likely N-dealkylation sites (tertiary alicyclic amines) is 1. The van der Waals surface area contributed by atoms with Gasteiger partial charge in [0, 0.05) is 29.8 Å². The Bertz CT molecular complexity index is 1220. The summed E-state index contributed by atoms with van der Waals surface area (Å²) in [6.45, 7) is 8.01. The second-order valence-corrected chi connectivity index (χ2v) is 10.1. The normalized spacial score (nSPS) is 16.9. The molecule has 2 heterocycles. The van der Waals surface area contributed by atoms with Gasteiger partial charge in [0.15, 0.2) is 0 Å². The zero-order chi connectivity index (χ0) is 24.6. The monoisotopic (exact) mass is 470 g/mol. The molecule has 0 atom stereocenters. The van der Waals surface area contributed by atoms with Crippen LogP contribution in [0.5, 0.6) is 11.5 Å². The van der Waals surface area contributed by atoms with Gasteiger partial charge in [-0.2, -0.15) is 0 Å². The van der Waals surface area contributed by atoms with Crippen molar-refractivity contribution in [3.63, 3.8) is 0 Å². The Balaban J connectivity index is 1.40. The molecular weight excluding hydrogens is 436 g/mol. The fraction of sp³-hybridized carbons (Fsp3) is 0.367. The second-order valence-electron chi connectivity index (χ2n) is 10.1. The third-order valence-electron chi connectivity index (χ3n) is 7.59. The zero-order valence-electron chi connectivity index (χ0n) is 21.1. The van der Waals surface area contributed by atoms with Crippen LogP contribution in [-0.2, 0) is 12.0 Å². The highest BCUT2D eigenvalue weighted by Crippen LogP contribution is 2.49. The molecule has 5 heteroatoms. The largest absolute Gasteiger partial charge is 0.497 e. The number of rotatable bonds is 5. The fourth-order valence-electron chi connectivity index (χ4n) is 5.85. The van der Waals surface area contributed by atoms with Crippen molar-refractivity contribution in [3.8, 4) is 11.5 Å².